The van der Waals surface area contributed by atoms with Gasteiger partial charge in [0.05, 0.1) is 18.6 Å². The number of aromatic amines is 1. The third-order valence-corrected chi connectivity index (χ3v) is 6.18. The van der Waals surface area contributed by atoms with Crippen LogP contribution in [-0.4, -0.2) is 52.2 Å². The summed E-state index contributed by atoms with van der Waals surface area (Å²) in [6.07, 6.45) is 6.45. The Morgan fingerprint density at radius 2 is 1.97 bits per heavy atom. The molecule has 32 heavy (non-hydrogen) atoms. The Hall–Kier alpha value is -2.61. The molecular formula is C24H36N6OS. The number of carbonyl (C=O) groups is 1. The predicted octanol–water partition coefficient (Wildman–Crippen LogP) is 4.25. The summed E-state index contributed by atoms with van der Waals surface area (Å²) >= 11 is 5.56. The number of thiocarbonyl (C=S) groups is 1. The molecule has 3 N–H and O–H groups in total. The van der Waals surface area contributed by atoms with Crippen LogP contribution in [0.5, 0.6) is 0 Å². The number of nitrogens with zero attached hydrogens (tertiary/aromatic N) is 3. The number of rotatable bonds is 8. The number of imidazole rings is 1. The summed E-state index contributed by atoms with van der Waals surface area (Å²) in [5, 5.41) is 7.23. The second-order valence-electron chi connectivity index (χ2n) is 8.83. The van der Waals surface area contributed by atoms with Crippen LogP contribution in [0.3, 0.4) is 0 Å². The van der Waals surface area contributed by atoms with Gasteiger partial charge in [0.1, 0.15) is 0 Å². The van der Waals surface area contributed by atoms with Crippen LogP contribution in [0.4, 0.5) is 10.5 Å². The number of anilines is 1. The number of urea groups is 1. The Kier molecular flexibility index (Phi) is 8.90. The van der Waals surface area contributed by atoms with Gasteiger partial charge in [-0.3, -0.25) is 4.90 Å². The van der Waals surface area contributed by atoms with E-state index in [0.29, 0.717) is 24.9 Å². The van der Waals surface area contributed by atoms with Crippen LogP contribution in [0.2, 0.25) is 0 Å². The number of carbonyl (C=O) groups excluding carboxylic acids is 1. The van der Waals surface area contributed by atoms with E-state index in [1.54, 1.807) is 17.4 Å². The molecule has 1 fully saturated rings. The van der Waals surface area contributed by atoms with Crippen molar-refractivity contribution >= 4 is 29.0 Å². The van der Waals surface area contributed by atoms with Crippen LogP contribution in [0.25, 0.3) is 0 Å². The van der Waals surface area contributed by atoms with Gasteiger partial charge in [-0.2, -0.15) is 0 Å². The van der Waals surface area contributed by atoms with Crippen molar-refractivity contribution in [2.75, 3.05) is 31.1 Å². The molecule has 0 spiro atoms. The fraction of sp³-hybridized carbons (Fsp3) is 0.542. The fourth-order valence-corrected chi connectivity index (χ4v) is 4.16. The molecule has 1 aliphatic heterocycles. The zero-order valence-corrected chi connectivity index (χ0v) is 20.3. The molecule has 1 aliphatic rings. The van der Waals surface area contributed by atoms with Crippen molar-refractivity contribution in [3.8, 4) is 0 Å². The van der Waals surface area contributed by atoms with Crippen LogP contribution in [0, 0.1) is 5.92 Å². The second-order valence-corrected chi connectivity index (χ2v) is 9.21. The van der Waals surface area contributed by atoms with Crippen LogP contribution in [0.1, 0.15) is 57.2 Å². The SMILES string of the molecule is CCCNC(=O)N(Cc1cnc[nH]1)c1ccc(C2CCN(C(=S)NCC(C)C)CC2)cc1. The molecule has 2 heterocycles. The van der Waals surface area contributed by atoms with Crippen LogP contribution in [0.15, 0.2) is 36.8 Å². The van der Waals surface area contributed by atoms with Gasteiger partial charge in [-0.05, 0) is 61.0 Å². The lowest BCUT2D eigenvalue weighted by Crippen LogP contribution is -2.44. The van der Waals surface area contributed by atoms with Crippen molar-refractivity contribution < 1.29 is 4.79 Å². The summed E-state index contributed by atoms with van der Waals surface area (Å²) in [4.78, 5) is 24.0. The largest absolute Gasteiger partial charge is 0.362 e. The van der Waals surface area contributed by atoms with Crippen molar-refractivity contribution in [2.45, 2.75) is 52.5 Å². The smallest absolute Gasteiger partial charge is 0.322 e. The summed E-state index contributed by atoms with van der Waals surface area (Å²) < 4.78 is 0. The van der Waals surface area contributed by atoms with Crippen molar-refractivity contribution in [1.29, 1.82) is 0 Å². The highest BCUT2D eigenvalue weighted by atomic mass is 32.1. The van der Waals surface area contributed by atoms with E-state index in [0.717, 1.165) is 55.4 Å². The summed E-state index contributed by atoms with van der Waals surface area (Å²) in [5.41, 5.74) is 3.11. The second kappa shape index (κ2) is 11.9. The number of hydrogen-bond donors (Lipinski definition) is 3. The summed E-state index contributed by atoms with van der Waals surface area (Å²) in [7, 11) is 0. The monoisotopic (exact) mass is 456 g/mol. The van der Waals surface area contributed by atoms with E-state index in [1.807, 2.05) is 6.92 Å². The Labute approximate surface area is 197 Å². The molecule has 0 bridgehead atoms. The number of nitrogens with one attached hydrogen (secondary N) is 3. The molecule has 1 aromatic carbocycles. The first-order chi connectivity index (χ1) is 15.5. The van der Waals surface area contributed by atoms with E-state index < -0.39 is 0 Å². The van der Waals surface area contributed by atoms with E-state index >= 15 is 0 Å². The Morgan fingerprint density at radius 1 is 1.25 bits per heavy atom. The minimum atomic E-state index is -0.0927. The van der Waals surface area contributed by atoms with Gasteiger partial charge in [-0.25, -0.2) is 9.78 Å². The van der Waals surface area contributed by atoms with Gasteiger partial charge in [-0.15, -0.1) is 0 Å². The number of H-pyrrole nitrogens is 1. The Balaban J connectivity index is 1.61. The number of aromatic nitrogens is 2. The summed E-state index contributed by atoms with van der Waals surface area (Å²) in [6, 6.07) is 8.34. The molecule has 2 aromatic rings. The molecule has 0 atom stereocenters. The number of benzene rings is 1. The molecule has 3 rings (SSSR count). The van der Waals surface area contributed by atoms with E-state index in [9.17, 15) is 4.79 Å². The van der Waals surface area contributed by atoms with Gasteiger partial charge in [0.15, 0.2) is 5.11 Å². The molecule has 0 saturated carbocycles. The number of hydrogen-bond acceptors (Lipinski definition) is 3. The number of likely N-dealkylation sites (tertiary alicyclic amines) is 1. The quantitative estimate of drug-likeness (QED) is 0.518. The van der Waals surface area contributed by atoms with Gasteiger partial charge in [0, 0.05) is 38.1 Å². The summed E-state index contributed by atoms with van der Waals surface area (Å²) in [6.45, 7) is 10.4. The third-order valence-electron chi connectivity index (χ3n) is 5.77. The molecule has 174 valence electrons. The highest BCUT2D eigenvalue weighted by Gasteiger charge is 2.23. The average molecular weight is 457 g/mol. The molecule has 1 aromatic heterocycles. The first-order valence-electron chi connectivity index (χ1n) is 11.6. The third kappa shape index (κ3) is 6.69. The summed E-state index contributed by atoms with van der Waals surface area (Å²) in [5.74, 6) is 1.10. The first kappa shape index (κ1) is 24.0. The highest BCUT2D eigenvalue weighted by Crippen LogP contribution is 2.30. The maximum atomic E-state index is 12.8. The van der Waals surface area contributed by atoms with Crippen LogP contribution >= 0.6 is 12.2 Å². The maximum absolute atomic E-state index is 12.8. The van der Waals surface area contributed by atoms with Gasteiger partial charge < -0.3 is 20.5 Å². The minimum absolute atomic E-state index is 0.0927. The maximum Gasteiger partial charge on any atom is 0.322 e. The van der Waals surface area contributed by atoms with Crippen LogP contribution < -0.4 is 15.5 Å². The molecule has 1 saturated heterocycles. The fourth-order valence-electron chi connectivity index (χ4n) is 3.89. The average Bonchev–Trinajstić information content (AvgIpc) is 3.33. The van der Waals surface area contributed by atoms with Crippen molar-refractivity contribution in [3.05, 3.63) is 48.0 Å². The van der Waals surface area contributed by atoms with Gasteiger partial charge in [-0.1, -0.05) is 32.9 Å². The predicted molar refractivity (Wildman–Crippen MR) is 134 cm³/mol. The van der Waals surface area contributed by atoms with Crippen LogP contribution in [-0.2, 0) is 6.54 Å². The van der Waals surface area contributed by atoms with Crippen molar-refractivity contribution in [2.24, 2.45) is 5.92 Å². The first-order valence-corrected chi connectivity index (χ1v) is 12.0. The standard InChI is InChI=1S/C24H36N6OS/c1-4-11-26-23(31)30(16-21-15-25-17-28-21)22-7-5-19(6-8-22)20-9-12-29(13-10-20)24(32)27-14-18(2)3/h5-8,15,17-18,20H,4,9-14,16H2,1-3H3,(H,25,28)(H,26,31)(H,27,32). The molecular weight excluding hydrogens is 420 g/mol. The molecule has 0 aliphatic carbocycles. The van der Waals surface area contributed by atoms with Gasteiger partial charge in [0.2, 0.25) is 0 Å². The molecule has 7 nitrogen and oxygen atoms in total. The number of amides is 2. The zero-order chi connectivity index (χ0) is 22.9. The van der Waals surface area contributed by atoms with E-state index in [2.05, 4.69) is 63.6 Å². The lowest BCUT2D eigenvalue weighted by Gasteiger charge is -2.34. The number of piperidine rings is 1. The van der Waals surface area contributed by atoms with Crippen molar-refractivity contribution in [1.82, 2.24) is 25.5 Å². The van der Waals surface area contributed by atoms with Gasteiger partial charge >= 0.3 is 6.03 Å². The molecule has 8 heteroatoms. The molecule has 0 unspecified atom stereocenters. The molecule has 0 radical (unpaired) electrons. The topological polar surface area (TPSA) is 76.3 Å². The Morgan fingerprint density at radius 3 is 2.56 bits per heavy atom. The van der Waals surface area contributed by atoms with Gasteiger partial charge in [0.25, 0.3) is 0 Å². The van der Waals surface area contributed by atoms with Crippen molar-refractivity contribution in [3.63, 3.8) is 0 Å². The van der Waals surface area contributed by atoms with E-state index in [1.165, 1.54) is 5.56 Å². The Bertz CT molecular complexity index is 844. The van der Waals surface area contributed by atoms with E-state index in [4.69, 9.17) is 12.2 Å². The van der Waals surface area contributed by atoms with E-state index in [-0.39, 0.29) is 6.03 Å². The lowest BCUT2D eigenvalue weighted by molar-refractivity contribution is 0.246. The zero-order valence-electron chi connectivity index (χ0n) is 19.4. The lowest BCUT2D eigenvalue weighted by atomic mass is 9.89. The highest BCUT2D eigenvalue weighted by molar-refractivity contribution is 7.80. The molecule has 2 amide bonds. The minimum Gasteiger partial charge on any atom is -0.362 e. The normalized spacial score (nSPS) is 14.4.